The molecule has 0 N–H and O–H groups in total. The highest BCUT2D eigenvalue weighted by Gasteiger charge is 2.30. The minimum absolute atomic E-state index is 0.586. The lowest BCUT2D eigenvalue weighted by molar-refractivity contribution is 0.209. The van der Waals surface area contributed by atoms with Crippen LogP contribution in [0.25, 0.3) is 11.4 Å². The Balaban J connectivity index is 1.46. The van der Waals surface area contributed by atoms with Crippen molar-refractivity contribution >= 4 is 11.6 Å². The summed E-state index contributed by atoms with van der Waals surface area (Å²) in [6, 6.07) is 16.2. The molecular weight excluding hydrogens is 350 g/mol. The first kappa shape index (κ1) is 17.1. The van der Waals surface area contributed by atoms with E-state index in [2.05, 4.69) is 27.2 Å². The molecule has 0 spiro atoms. The van der Waals surface area contributed by atoms with E-state index in [1.54, 1.807) is 7.11 Å². The van der Waals surface area contributed by atoms with Crippen molar-refractivity contribution in [1.82, 2.24) is 15.0 Å². The molecule has 0 saturated heterocycles. The van der Waals surface area contributed by atoms with Crippen LogP contribution in [0.3, 0.4) is 0 Å². The standard InChI is InChI=1S/C20H20ClN3O2/c1-25-18-10-2-14(3-11-18)12-24(17-8-9-17)13-19-22-20(23-26-19)15-4-6-16(21)7-5-15/h2-7,10-11,17H,8-9,12-13H2,1H3. The summed E-state index contributed by atoms with van der Waals surface area (Å²) in [6.07, 6.45) is 2.43. The van der Waals surface area contributed by atoms with Crippen LogP contribution in [0, 0.1) is 0 Å². The van der Waals surface area contributed by atoms with Crippen LogP contribution >= 0.6 is 11.6 Å². The van der Waals surface area contributed by atoms with Gasteiger partial charge in [0.05, 0.1) is 13.7 Å². The van der Waals surface area contributed by atoms with E-state index in [1.165, 1.54) is 18.4 Å². The molecule has 26 heavy (non-hydrogen) atoms. The smallest absolute Gasteiger partial charge is 0.241 e. The molecule has 0 aliphatic heterocycles. The molecule has 1 fully saturated rings. The summed E-state index contributed by atoms with van der Waals surface area (Å²) in [5.41, 5.74) is 2.15. The van der Waals surface area contributed by atoms with Crippen molar-refractivity contribution in [2.45, 2.75) is 32.0 Å². The van der Waals surface area contributed by atoms with Crippen LogP contribution in [0.2, 0.25) is 5.02 Å². The molecule has 1 aliphatic carbocycles. The number of aromatic nitrogens is 2. The van der Waals surface area contributed by atoms with Crippen molar-refractivity contribution in [2.24, 2.45) is 0 Å². The Morgan fingerprint density at radius 2 is 1.81 bits per heavy atom. The van der Waals surface area contributed by atoms with Gasteiger partial charge in [-0.3, -0.25) is 4.90 Å². The third kappa shape index (κ3) is 4.06. The average Bonchev–Trinajstić information content (AvgIpc) is 3.42. The predicted octanol–water partition coefficient (Wildman–Crippen LogP) is 4.56. The molecule has 4 rings (SSSR count). The van der Waals surface area contributed by atoms with Gasteiger partial charge in [-0.2, -0.15) is 4.98 Å². The number of benzene rings is 2. The van der Waals surface area contributed by atoms with Gasteiger partial charge in [0, 0.05) is 23.2 Å². The molecule has 134 valence electrons. The zero-order chi connectivity index (χ0) is 17.9. The van der Waals surface area contributed by atoms with Gasteiger partial charge in [-0.05, 0) is 54.8 Å². The molecule has 0 radical (unpaired) electrons. The van der Waals surface area contributed by atoms with E-state index >= 15 is 0 Å². The maximum absolute atomic E-state index is 5.93. The normalized spacial score (nSPS) is 14.0. The van der Waals surface area contributed by atoms with Gasteiger partial charge in [0.2, 0.25) is 11.7 Å². The number of methoxy groups -OCH3 is 1. The van der Waals surface area contributed by atoms with E-state index in [4.69, 9.17) is 20.9 Å². The first-order valence-electron chi connectivity index (χ1n) is 8.67. The summed E-state index contributed by atoms with van der Waals surface area (Å²) in [4.78, 5) is 6.94. The summed E-state index contributed by atoms with van der Waals surface area (Å²) in [7, 11) is 1.68. The molecule has 5 nitrogen and oxygen atoms in total. The van der Waals surface area contributed by atoms with Gasteiger partial charge in [0.1, 0.15) is 5.75 Å². The second kappa shape index (κ2) is 7.48. The average molecular weight is 370 g/mol. The van der Waals surface area contributed by atoms with Crippen molar-refractivity contribution in [2.75, 3.05) is 7.11 Å². The van der Waals surface area contributed by atoms with Gasteiger partial charge in [-0.1, -0.05) is 28.9 Å². The summed E-state index contributed by atoms with van der Waals surface area (Å²) < 4.78 is 10.7. The number of hydrogen-bond donors (Lipinski definition) is 0. The molecule has 0 atom stereocenters. The number of rotatable bonds is 7. The molecule has 1 aliphatic rings. The lowest BCUT2D eigenvalue weighted by atomic mass is 10.2. The Bertz CT molecular complexity index is 858. The van der Waals surface area contributed by atoms with Crippen molar-refractivity contribution < 1.29 is 9.26 Å². The molecule has 0 bridgehead atoms. The van der Waals surface area contributed by atoms with E-state index in [9.17, 15) is 0 Å². The molecule has 1 aromatic heterocycles. The van der Waals surface area contributed by atoms with E-state index in [1.807, 2.05) is 36.4 Å². The monoisotopic (exact) mass is 369 g/mol. The number of halogens is 1. The highest BCUT2D eigenvalue weighted by Crippen LogP contribution is 2.30. The molecule has 2 aromatic carbocycles. The summed E-state index contributed by atoms with van der Waals surface area (Å²) in [6.45, 7) is 1.50. The Morgan fingerprint density at radius 1 is 1.08 bits per heavy atom. The number of hydrogen-bond acceptors (Lipinski definition) is 5. The molecule has 1 saturated carbocycles. The van der Waals surface area contributed by atoms with Gasteiger partial charge in [0.25, 0.3) is 0 Å². The van der Waals surface area contributed by atoms with Crippen LogP contribution in [0.15, 0.2) is 53.1 Å². The third-order valence-electron chi connectivity index (χ3n) is 4.52. The lowest BCUT2D eigenvalue weighted by Crippen LogP contribution is -2.25. The number of nitrogens with zero attached hydrogens (tertiary/aromatic N) is 3. The van der Waals surface area contributed by atoms with Crippen molar-refractivity contribution in [1.29, 1.82) is 0 Å². The Hall–Kier alpha value is -2.37. The zero-order valence-corrected chi connectivity index (χ0v) is 15.3. The van der Waals surface area contributed by atoms with E-state index < -0.39 is 0 Å². The minimum atomic E-state index is 0.586. The second-order valence-electron chi connectivity index (χ2n) is 6.50. The lowest BCUT2D eigenvalue weighted by Gasteiger charge is -2.20. The van der Waals surface area contributed by atoms with Crippen molar-refractivity contribution in [3.8, 4) is 17.1 Å². The Morgan fingerprint density at radius 3 is 2.46 bits per heavy atom. The van der Waals surface area contributed by atoms with Crippen molar-refractivity contribution in [3.05, 3.63) is 65.0 Å². The van der Waals surface area contributed by atoms with Crippen LogP contribution in [-0.2, 0) is 13.1 Å². The maximum atomic E-state index is 5.93. The molecular formula is C20H20ClN3O2. The fourth-order valence-electron chi connectivity index (χ4n) is 2.93. The highest BCUT2D eigenvalue weighted by atomic mass is 35.5. The summed E-state index contributed by atoms with van der Waals surface area (Å²) >= 11 is 5.93. The van der Waals surface area contributed by atoms with E-state index in [0.29, 0.717) is 29.3 Å². The molecule has 6 heteroatoms. The van der Waals surface area contributed by atoms with Crippen LogP contribution in [0.1, 0.15) is 24.3 Å². The highest BCUT2D eigenvalue weighted by molar-refractivity contribution is 6.30. The zero-order valence-electron chi connectivity index (χ0n) is 14.6. The number of ether oxygens (including phenoxy) is 1. The van der Waals surface area contributed by atoms with E-state index in [-0.39, 0.29) is 0 Å². The van der Waals surface area contributed by atoms with Crippen molar-refractivity contribution in [3.63, 3.8) is 0 Å². The SMILES string of the molecule is COc1ccc(CN(Cc2nc(-c3ccc(Cl)cc3)no2)C2CC2)cc1. The van der Waals surface area contributed by atoms with Gasteiger partial charge in [-0.25, -0.2) is 0 Å². The predicted molar refractivity (Wildman–Crippen MR) is 100 cm³/mol. The van der Waals surface area contributed by atoms with Gasteiger partial charge < -0.3 is 9.26 Å². The topological polar surface area (TPSA) is 51.4 Å². The Kier molecular flexibility index (Phi) is 4.91. The van der Waals surface area contributed by atoms with Crippen LogP contribution < -0.4 is 4.74 Å². The third-order valence-corrected chi connectivity index (χ3v) is 4.77. The van der Waals surface area contributed by atoms with Crippen LogP contribution in [0.5, 0.6) is 5.75 Å². The van der Waals surface area contributed by atoms with Crippen LogP contribution in [-0.4, -0.2) is 28.2 Å². The molecule has 0 unspecified atom stereocenters. The molecule has 1 heterocycles. The van der Waals surface area contributed by atoms with Gasteiger partial charge in [0.15, 0.2) is 0 Å². The maximum Gasteiger partial charge on any atom is 0.241 e. The Labute approximate surface area is 157 Å². The fraction of sp³-hybridized carbons (Fsp3) is 0.300. The van der Waals surface area contributed by atoms with Gasteiger partial charge in [-0.15, -0.1) is 0 Å². The summed E-state index contributed by atoms with van der Waals surface area (Å²) in [5.74, 6) is 2.10. The first-order valence-corrected chi connectivity index (χ1v) is 9.04. The minimum Gasteiger partial charge on any atom is -0.497 e. The van der Waals surface area contributed by atoms with E-state index in [0.717, 1.165) is 17.9 Å². The van der Waals surface area contributed by atoms with Crippen LogP contribution in [0.4, 0.5) is 0 Å². The molecule has 3 aromatic rings. The second-order valence-corrected chi connectivity index (χ2v) is 6.94. The first-order chi connectivity index (χ1) is 12.7. The fourth-order valence-corrected chi connectivity index (χ4v) is 3.05. The summed E-state index contributed by atoms with van der Waals surface area (Å²) in [5, 5.41) is 4.80. The van der Waals surface area contributed by atoms with Gasteiger partial charge >= 0.3 is 0 Å². The molecule has 0 amide bonds. The largest absolute Gasteiger partial charge is 0.497 e. The quantitative estimate of drug-likeness (QED) is 0.611.